The first-order valence-electron chi connectivity index (χ1n) is 7.04. The molecule has 0 fully saturated rings. The van der Waals surface area contributed by atoms with E-state index in [4.69, 9.17) is 0 Å². The summed E-state index contributed by atoms with van der Waals surface area (Å²) in [4.78, 5) is 15.9. The molecule has 1 atom stereocenters. The standard InChI is InChI=1S/C14H26N4O/c1-5-12(4)17-14(19)6-7-18-10-15-8-13(18)9-16-11(2)3/h8,10-12,16H,5-7,9H2,1-4H3,(H,17,19). The Kier molecular flexibility index (Phi) is 6.56. The molecule has 19 heavy (non-hydrogen) atoms. The summed E-state index contributed by atoms with van der Waals surface area (Å²) in [5.41, 5.74) is 1.12. The van der Waals surface area contributed by atoms with Crippen molar-refractivity contribution in [3.63, 3.8) is 0 Å². The third kappa shape index (κ3) is 5.87. The van der Waals surface area contributed by atoms with Crippen molar-refractivity contribution < 1.29 is 4.79 Å². The number of nitrogens with one attached hydrogen (secondary N) is 2. The Morgan fingerprint density at radius 3 is 2.79 bits per heavy atom. The van der Waals surface area contributed by atoms with Crippen LogP contribution in [0.1, 0.15) is 46.2 Å². The van der Waals surface area contributed by atoms with Crippen LogP contribution in [-0.2, 0) is 17.9 Å². The monoisotopic (exact) mass is 266 g/mol. The number of imidazole rings is 1. The number of carbonyl (C=O) groups excluding carboxylic acids is 1. The highest BCUT2D eigenvalue weighted by atomic mass is 16.1. The number of aryl methyl sites for hydroxylation is 1. The van der Waals surface area contributed by atoms with E-state index in [9.17, 15) is 4.79 Å². The molecule has 0 saturated heterocycles. The van der Waals surface area contributed by atoms with Crippen molar-refractivity contribution in [1.29, 1.82) is 0 Å². The second-order valence-electron chi connectivity index (χ2n) is 5.24. The van der Waals surface area contributed by atoms with E-state index < -0.39 is 0 Å². The zero-order valence-electron chi connectivity index (χ0n) is 12.4. The lowest BCUT2D eigenvalue weighted by Crippen LogP contribution is -2.32. The van der Waals surface area contributed by atoms with Gasteiger partial charge in [-0.15, -0.1) is 0 Å². The average molecular weight is 266 g/mol. The van der Waals surface area contributed by atoms with Crippen LogP contribution < -0.4 is 10.6 Å². The molecule has 108 valence electrons. The van der Waals surface area contributed by atoms with E-state index in [0.29, 0.717) is 19.0 Å². The van der Waals surface area contributed by atoms with Crippen LogP contribution in [0.4, 0.5) is 0 Å². The van der Waals surface area contributed by atoms with Crippen molar-refractivity contribution in [1.82, 2.24) is 20.2 Å². The van der Waals surface area contributed by atoms with Gasteiger partial charge in [-0.25, -0.2) is 4.98 Å². The molecular weight excluding hydrogens is 240 g/mol. The Morgan fingerprint density at radius 1 is 1.42 bits per heavy atom. The molecule has 0 saturated carbocycles. The molecule has 5 nitrogen and oxygen atoms in total. The third-order valence-corrected chi connectivity index (χ3v) is 3.09. The van der Waals surface area contributed by atoms with Crippen LogP contribution in [0.5, 0.6) is 0 Å². The predicted molar refractivity (Wildman–Crippen MR) is 76.7 cm³/mol. The van der Waals surface area contributed by atoms with Crippen molar-refractivity contribution >= 4 is 5.91 Å². The summed E-state index contributed by atoms with van der Waals surface area (Å²) < 4.78 is 2.03. The fourth-order valence-corrected chi connectivity index (χ4v) is 1.68. The first-order valence-corrected chi connectivity index (χ1v) is 7.04. The summed E-state index contributed by atoms with van der Waals surface area (Å²) in [5.74, 6) is 0.103. The van der Waals surface area contributed by atoms with Crippen LogP contribution >= 0.6 is 0 Å². The van der Waals surface area contributed by atoms with E-state index in [0.717, 1.165) is 18.7 Å². The van der Waals surface area contributed by atoms with Gasteiger partial charge in [-0.1, -0.05) is 20.8 Å². The van der Waals surface area contributed by atoms with Gasteiger partial charge < -0.3 is 15.2 Å². The van der Waals surface area contributed by atoms with Gasteiger partial charge in [0.1, 0.15) is 0 Å². The van der Waals surface area contributed by atoms with E-state index in [2.05, 4.69) is 36.4 Å². The predicted octanol–water partition coefficient (Wildman–Crippen LogP) is 1.69. The molecule has 0 spiro atoms. The largest absolute Gasteiger partial charge is 0.354 e. The lowest BCUT2D eigenvalue weighted by Gasteiger charge is -2.13. The zero-order chi connectivity index (χ0) is 14.3. The molecule has 1 rings (SSSR count). The topological polar surface area (TPSA) is 59.0 Å². The molecule has 0 aliphatic carbocycles. The molecule has 0 aromatic carbocycles. The van der Waals surface area contributed by atoms with Gasteiger partial charge in [0, 0.05) is 37.8 Å². The summed E-state index contributed by atoms with van der Waals surface area (Å²) in [6.45, 7) is 9.77. The maximum atomic E-state index is 11.7. The molecule has 0 aliphatic heterocycles. The highest BCUT2D eigenvalue weighted by Gasteiger charge is 2.08. The maximum Gasteiger partial charge on any atom is 0.221 e. The Morgan fingerprint density at radius 2 is 2.16 bits per heavy atom. The first-order chi connectivity index (χ1) is 9.02. The molecule has 0 aliphatic rings. The van der Waals surface area contributed by atoms with Gasteiger partial charge in [0.25, 0.3) is 0 Å². The van der Waals surface area contributed by atoms with Crippen molar-refractivity contribution in [3.8, 4) is 0 Å². The number of rotatable bonds is 8. The maximum absolute atomic E-state index is 11.7. The summed E-state index contributed by atoms with van der Waals surface area (Å²) in [6.07, 6.45) is 5.09. The van der Waals surface area contributed by atoms with Crippen LogP contribution in [0.3, 0.4) is 0 Å². The molecule has 1 amide bonds. The Hall–Kier alpha value is -1.36. The molecule has 1 unspecified atom stereocenters. The van der Waals surface area contributed by atoms with Gasteiger partial charge in [-0.05, 0) is 13.3 Å². The van der Waals surface area contributed by atoms with E-state index in [-0.39, 0.29) is 11.9 Å². The molecule has 1 heterocycles. The van der Waals surface area contributed by atoms with Crippen molar-refractivity contribution in [2.24, 2.45) is 0 Å². The van der Waals surface area contributed by atoms with Gasteiger partial charge >= 0.3 is 0 Å². The van der Waals surface area contributed by atoms with Crippen LogP contribution in [0, 0.1) is 0 Å². The number of amides is 1. The van der Waals surface area contributed by atoms with E-state index >= 15 is 0 Å². The fourth-order valence-electron chi connectivity index (χ4n) is 1.68. The van der Waals surface area contributed by atoms with Gasteiger partial charge in [0.2, 0.25) is 5.91 Å². The minimum absolute atomic E-state index is 0.103. The molecule has 2 N–H and O–H groups in total. The molecular formula is C14H26N4O. The lowest BCUT2D eigenvalue weighted by molar-refractivity contribution is -0.121. The smallest absolute Gasteiger partial charge is 0.221 e. The van der Waals surface area contributed by atoms with Crippen LogP contribution in [0.15, 0.2) is 12.5 Å². The van der Waals surface area contributed by atoms with E-state index in [1.54, 1.807) is 6.33 Å². The number of hydrogen-bond donors (Lipinski definition) is 2. The quantitative estimate of drug-likeness (QED) is 0.752. The van der Waals surface area contributed by atoms with Crippen molar-refractivity contribution in [2.75, 3.05) is 0 Å². The summed E-state index contributed by atoms with van der Waals surface area (Å²) in [5, 5.41) is 6.33. The molecule has 0 bridgehead atoms. The van der Waals surface area contributed by atoms with Gasteiger partial charge in [-0.3, -0.25) is 4.79 Å². The van der Waals surface area contributed by atoms with Gasteiger partial charge in [0.15, 0.2) is 0 Å². The van der Waals surface area contributed by atoms with E-state index in [1.807, 2.05) is 17.7 Å². The minimum atomic E-state index is 0.103. The number of carbonyl (C=O) groups is 1. The summed E-state index contributed by atoms with van der Waals surface area (Å²) in [7, 11) is 0. The lowest BCUT2D eigenvalue weighted by atomic mass is 10.2. The Bertz CT molecular complexity index is 387. The molecule has 0 radical (unpaired) electrons. The molecule has 1 aromatic heterocycles. The van der Waals surface area contributed by atoms with Gasteiger partial charge in [0.05, 0.1) is 12.0 Å². The number of nitrogens with zero attached hydrogens (tertiary/aromatic N) is 2. The Balaban J connectivity index is 2.40. The first kappa shape index (κ1) is 15.7. The fraction of sp³-hybridized carbons (Fsp3) is 0.714. The summed E-state index contributed by atoms with van der Waals surface area (Å²) >= 11 is 0. The van der Waals surface area contributed by atoms with E-state index in [1.165, 1.54) is 0 Å². The second kappa shape index (κ2) is 7.94. The van der Waals surface area contributed by atoms with Crippen LogP contribution in [0.2, 0.25) is 0 Å². The normalized spacial score (nSPS) is 12.7. The Labute approximate surface area is 115 Å². The van der Waals surface area contributed by atoms with Crippen molar-refractivity contribution in [3.05, 3.63) is 18.2 Å². The SMILES string of the molecule is CCC(C)NC(=O)CCn1cncc1CNC(C)C. The van der Waals surface area contributed by atoms with Crippen LogP contribution in [0.25, 0.3) is 0 Å². The average Bonchev–Trinajstić information content (AvgIpc) is 2.81. The van der Waals surface area contributed by atoms with Crippen LogP contribution in [-0.4, -0.2) is 27.5 Å². The molecule has 5 heteroatoms. The zero-order valence-corrected chi connectivity index (χ0v) is 12.4. The number of hydrogen-bond acceptors (Lipinski definition) is 3. The minimum Gasteiger partial charge on any atom is -0.354 e. The summed E-state index contributed by atoms with van der Waals surface area (Å²) in [6, 6.07) is 0.689. The van der Waals surface area contributed by atoms with Gasteiger partial charge in [-0.2, -0.15) is 0 Å². The highest BCUT2D eigenvalue weighted by molar-refractivity contribution is 5.76. The van der Waals surface area contributed by atoms with Crippen molar-refractivity contribution in [2.45, 2.75) is 65.7 Å². The second-order valence-corrected chi connectivity index (χ2v) is 5.24. The molecule has 1 aromatic rings. The number of aromatic nitrogens is 2. The third-order valence-electron chi connectivity index (χ3n) is 3.09. The highest BCUT2D eigenvalue weighted by Crippen LogP contribution is 2.02.